The maximum absolute atomic E-state index is 12.9. The summed E-state index contributed by atoms with van der Waals surface area (Å²) in [7, 11) is -3.82. The summed E-state index contributed by atoms with van der Waals surface area (Å²) >= 11 is 6.17. The average molecular weight is 536 g/mol. The molecule has 4 aromatic rings. The van der Waals surface area contributed by atoms with E-state index in [9.17, 15) is 18.6 Å². The number of para-hydroxylation sites is 1. The number of hydrogen-bond acceptors (Lipinski definition) is 5. The first kappa shape index (κ1) is 26.9. The summed E-state index contributed by atoms with van der Waals surface area (Å²) in [4.78, 5) is 0.00763. The van der Waals surface area contributed by atoms with Crippen LogP contribution in [0.25, 0.3) is 0 Å². The van der Waals surface area contributed by atoms with Crippen molar-refractivity contribution < 1.29 is 18.6 Å². The first-order chi connectivity index (χ1) is 17.7. The highest BCUT2D eigenvalue weighted by Crippen LogP contribution is 2.28. The molecule has 3 N–H and O–H groups in total. The molecule has 0 aliphatic heterocycles. The van der Waals surface area contributed by atoms with E-state index < -0.39 is 15.9 Å². The van der Waals surface area contributed by atoms with Crippen LogP contribution in [0.4, 0.5) is 0 Å². The third-order valence-electron chi connectivity index (χ3n) is 6.30. The fourth-order valence-corrected chi connectivity index (χ4v) is 5.99. The number of aliphatic hydroxyl groups is 1. The molecule has 0 saturated carbocycles. The molecule has 0 aliphatic rings. The fourth-order valence-electron chi connectivity index (χ4n) is 4.45. The maximum atomic E-state index is 12.9. The zero-order valence-corrected chi connectivity index (χ0v) is 22.0. The number of hydrogen-bond donors (Lipinski definition) is 3. The van der Waals surface area contributed by atoms with E-state index >= 15 is 0 Å². The van der Waals surface area contributed by atoms with Crippen molar-refractivity contribution >= 4 is 21.4 Å². The Morgan fingerprint density at radius 2 is 1.46 bits per heavy atom. The molecule has 0 fully saturated rings. The van der Waals surface area contributed by atoms with E-state index in [4.69, 9.17) is 11.6 Å². The molecule has 0 saturated heterocycles. The lowest BCUT2D eigenvalue weighted by molar-refractivity contribution is 0.122. The molecular weight excluding hydrogens is 506 g/mol. The van der Waals surface area contributed by atoms with Crippen LogP contribution >= 0.6 is 11.6 Å². The molecule has 1 unspecified atom stereocenters. The minimum Gasteiger partial charge on any atom is -0.507 e. The highest BCUT2D eigenvalue weighted by atomic mass is 35.5. The minimum absolute atomic E-state index is 0.0110. The van der Waals surface area contributed by atoms with Crippen LogP contribution in [0.3, 0.4) is 0 Å². The van der Waals surface area contributed by atoms with Gasteiger partial charge in [0.25, 0.3) is 0 Å². The van der Waals surface area contributed by atoms with Crippen molar-refractivity contribution in [2.75, 3.05) is 0 Å². The summed E-state index contributed by atoms with van der Waals surface area (Å²) in [5.41, 5.74) is 2.80. The van der Waals surface area contributed by atoms with Crippen molar-refractivity contribution in [3.63, 3.8) is 0 Å². The number of phenols is 1. The van der Waals surface area contributed by atoms with E-state index in [-0.39, 0.29) is 27.6 Å². The summed E-state index contributed by atoms with van der Waals surface area (Å²) in [6.07, 6.45) is 0.480. The molecule has 0 aromatic heterocycles. The third-order valence-corrected chi connectivity index (χ3v) is 8.35. The molecule has 4 aromatic carbocycles. The Morgan fingerprint density at radius 3 is 2.14 bits per heavy atom. The fraction of sp³-hybridized carbons (Fsp3) is 0.200. The Labute approximate surface area is 223 Å². The van der Waals surface area contributed by atoms with Crippen LogP contribution in [-0.4, -0.2) is 30.7 Å². The lowest BCUT2D eigenvalue weighted by Crippen LogP contribution is -2.43. The van der Waals surface area contributed by atoms with Crippen molar-refractivity contribution in [1.29, 1.82) is 0 Å². The minimum atomic E-state index is -3.82. The van der Waals surface area contributed by atoms with E-state index in [1.165, 1.54) is 12.1 Å². The molecule has 3 atom stereocenters. The second kappa shape index (κ2) is 11.9. The predicted molar refractivity (Wildman–Crippen MR) is 147 cm³/mol. The van der Waals surface area contributed by atoms with Crippen molar-refractivity contribution in [1.82, 2.24) is 5.32 Å². The lowest BCUT2D eigenvalue weighted by atomic mass is 9.94. The number of benzene rings is 4. The summed E-state index contributed by atoms with van der Waals surface area (Å²) < 4.78 is 25.9. The van der Waals surface area contributed by atoms with Gasteiger partial charge in [0.05, 0.1) is 11.0 Å². The molecular formula is C30H30ClNO4S. The quantitative estimate of drug-likeness (QED) is 0.241. The Bertz CT molecular complexity index is 1430. The Balaban J connectivity index is 1.49. The normalized spacial score (nSPS) is 14.1. The van der Waals surface area contributed by atoms with Gasteiger partial charge in [0, 0.05) is 17.1 Å². The number of halogens is 1. The molecule has 4 rings (SSSR count). The van der Waals surface area contributed by atoms with Crippen molar-refractivity contribution in [2.24, 2.45) is 0 Å². The van der Waals surface area contributed by atoms with Gasteiger partial charge in [-0.3, -0.25) is 0 Å². The van der Waals surface area contributed by atoms with Gasteiger partial charge in [0.2, 0.25) is 9.84 Å². The summed E-state index contributed by atoms with van der Waals surface area (Å²) in [6.45, 7) is 2.04. The van der Waals surface area contributed by atoms with E-state index in [1.54, 1.807) is 48.5 Å². The van der Waals surface area contributed by atoms with E-state index in [2.05, 4.69) is 5.32 Å². The molecule has 192 valence electrons. The highest BCUT2D eigenvalue weighted by Gasteiger charge is 2.24. The smallest absolute Gasteiger partial charge is 0.210 e. The zero-order valence-electron chi connectivity index (χ0n) is 20.5. The first-order valence-corrected chi connectivity index (χ1v) is 14.0. The molecule has 37 heavy (non-hydrogen) atoms. The average Bonchev–Trinajstić information content (AvgIpc) is 2.89. The van der Waals surface area contributed by atoms with E-state index in [0.29, 0.717) is 17.9 Å². The maximum Gasteiger partial charge on any atom is 0.210 e. The van der Waals surface area contributed by atoms with E-state index in [1.807, 2.05) is 49.4 Å². The van der Waals surface area contributed by atoms with Crippen LogP contribution in [0.2, 0.25) is 5.02 Å². The molecule has 5 nitrogen and oxygen atoms in total. The number of aromatic hydroxyl groups is 1. The third kappa shape index (κ3) is 6.79. The summed E-state index contributed by atoms with van der Waals surface area (Å²) in [5.74, 6) is -0.271. The Kier molecular flexibility index (Phi) is 8.67. The molecule has 7 heteroatoms. The number of nitrogens with one attached hydrogen (secondary N) is 1. The van der Waals surface area contributed by atoms with Gasteiger partial charge in [0.1, 0.15) is 10.6 Å². The highest BCUT2D eigenvalue weighted by molar-refractivity contribution is 7.91. The molecule has 0 spiro atoms. The number of aliphatic hydroxyl groups excluding tert-OH is 1. The number of sulfone groups is 1. The van der Waals surface area contributed by atoms with Crippen LogP contribution in [-0.2, 0) is 22.7 Å². The van der Waals surface area contributed by atoms with Gasteiger partial charge in [-0.15, -0.1) is 0 Å². The topological polar surface area (TPSA) is 86.6 Å². The lowest BCUT2D eigenvalue weighted by Gasteiger charge is -2.28. The predicted octanol–water partition coefficient (Wildman–Crippen LogP) is 5.74. The van der Waals surface area contributed by atoms with Gasteiger partial charge in [0.15, 0.2) is 0 Å². The first-order valence-electron chi connectivity index (χ1n) is 12.1. The zero-order chi connectivity index (χ0) is 26.4. The monoisotopic (exact) mass is 535 g/mol. The van der Waals surface area contributed by atoms with Crippen LogP contribution in [0.5, 0.6) is 5.75 Å². The van der Waals surface area contributed by atoms with Gasteiger partial charge >= 0.3 is 0 Å². The van der Waals surface area contributed by atoms with Crippen LogP contribution in [0.15, 0.2) is 113 Å². The molecule has 0 bridgehead atoms. The van der Waals surface area contributed by atoms with Crippen molar-refractivity contribution in [3.05, 3.63) is 125 Å². The SMILES string of the molecule is C[C@H](Cc1ccc(S(=O)(=O)c2ccccc2O)cc1)NC(Cc1ccccc1)[C@H](O)c1cccc(Cl)c1. The number of rotatable bonds is 10. The second-order valence-electron chi connectivity index (χ2n) is 9.18. The van der Waals surface area contributed by atoms with Crippen LogP contribution in [0.1, 0.15) is 29.7 Å². The van der Waals surface area contributed by atoms with Gasteiger partial charge in [-0.2, -0.15) is 0 Å². The summed E-state index contributed by atoms with van der Waals surface area (Å²) in [5, 5.41) is 25.4. The van der Waals surface area contributed by atoms with Crippen LogP contribution < -0.4 is 5.32 Å². The Morgan fingerprint density at radius 1 is 0.811 bits per heavy atom. The largest absolute Gasteiger partial charge is 0.507 e. The number of phenolic OH excluding ortho intramolecular Hbond substituents is 1. The van der Waals surface area contributed by atoms with Gasteiger partial charge in [-0.1, -0.05) is 78.3 Å². The molecule has 0 heterocycles. The molecule has 0 aliphatic carbocycles. The van der Waals surface area contributed by atoms with Gasteiger partial charge < -0.3 is 15.5 Å². The van der Waals surface area contributed by atoms with E-state index in [0.717, 1.165) is 16.7 Å². The van der Waals surface area contributed by atoms with Crippen molar-refractivity contribution in [2.45, 2.75) is 47.7 Å². The standard InChI is InChI=1S/C30H30ClNO4S/c1-21(18-23-14-16-26(17-15-23)37(35,36)29-13-6-5-12-28(29)33)32-27(19-22-8-3-2-4-9-22)30(34)24-10-7-11-25(31)20-24/h2-17,20-21,27,30,32-34H,18-19H2,1H3/t21-,27?,30-/m1/s1. The van der Waals surface area contributed by atoms with Crippen molar-refractivity contribution in [3.8, 4) is 5.75 Å². The molecule has 0 radical (unpaired) electrons. The Hall–Kier alpha value is -3.16. The van der Waals surface area contributed by atoms with Gasteiger partial charge in [-0.25, -0.2) is 8.42 Å². The van der Waals surface area contributed by atoms with Crippen LogP contribution in [0, 0.1) is 0 Å². The molecule has 0 amide bonds. The summed E-state index contributed by atoms with van der Waals surface area (Å²) in [6, 6.07) is 29.6. The second-order valence-corrected chi connectivity index (χ2v) is 11.5. The van der Waals surface area contributed by atoms with Gasteiger partial charge in [-0.05, 0) is 72.9 Å².